The number of rotatable bonds is 8. The van der Waals surface area contributed by atoms with Gasteiger partial charge in [-0.25, -0.2) is 4.79 Å². The molecule has 9 heteroatoms. The average molecular weight is 463 g/mol. The van der Waals surface area contributed by atoms with Crippen molar-refractivity contribution in [2.45, 2.75) is 38.3 Å². The van der Waals surface area contributed by atoms with Crippen LogP contribution in [0.3, 0.4) is 0 Å². The van der Waals surface area contributed by atoms with Crippen molar-refractivity contribution in [1.82, 2.24) is 4.90 Å². The van der Waals surface area contributed by atoms with Crippen molar-refractivity contribution < 1.29 is 19.8 Å². The lowest BCUT2D eigenvalue weighted by molar-refractivity contribution is -0.141. The van der Waals surface area contributed by atoms with Gasteiger partial charge < -0.3 is 25.7 Å². The number of phenols is 1. The number of likely N-dealkylation sites (tertiary alicyclic amines) is 1. The molecule has 1 saturated heterocycles. The van der Waals surface area contributed by atoms with E-state index in [0.29, 0.717) is 19.3 Å². The van der Waals surface area contributed by atoms with E-state index in [2.05, 4.69) is 10.6 Å². The minimum absolute atomic E-state index is 0.00358. The first kappa shape index (κ1) is 23.0. The monoisotopic (exact) mass is 463 g/mol. The van der Waals surface area contributed by atoms with E-state index in [0.717, 1.165) is 5.56 Å². The molecule has 1 unspecified atom stereocenters. The molecule has 34 heavy (non-hydrogen) atoms. The first-order valence-corrected chi connectivity index (χ1v) is 11.1. The number of carbonyl (C=O) groups excluding carboxylic acids is 1. The molecule has 0 bridgehead atoms. The third-order valence-corrected chi connectivity index (χ3v) is 6.16. The molecule has 0 aromatic heterocycles. The van der Waals surface area contributed by atoms with E-state index in [9.17, 15) is 29.4 Å². The Bertz CT molecular complexity index is 1300. The summed E-state index contributed by atoms with van der Waals surface area (Å²) in [5.74, 6) is -2.12. The molecule has 2 atom stereocenters. The summed E-state index contributed by atoms with van der Waals surface area (Å²) in [5, 5.41) is 26.0. The lowest BCUT2D eigenvalue weighted by Gasteiger charge is -2.23. The van der Waals surface area contributed by atoms with Crippen LogP contribution in [0.15, 0.2) is 58.1 Å². The Morgan fingerprint density at radius 2 is 1.76 bits per heavy atom. The van der Waals surface area contributed by atoms with E-state index in [1.807, 2.05) is 37.3 Å². The van der Waals surface area contributed by atoms with Gasteiger partial charge in [0.2, 0.25) is 0 Å². The molecule has 1 aliphatic heterocycles. The molecule has 9 nitrogen and oxygen atoms in total. The second kappa shape index (κ2) is 9.38. The van der Waals surface area contributed by atoms with Crippen LogP contribution >= 0.6 is 0 Å². The van der Waals surface area contributed by atoms with Crippen molar-refractivity contribution in [2.24, 2.45) is 0 Å². The predicted molar refractivity (Wildman–Crippen MR) is 128 cm³/mol. The minimum atomic E-state index is -1.09. The number of carboxylic acid groups (broad SMARTS) is 1. The second-order valence-electron chi connectivity index (χ2n) is 8.25. The van der Waals surface area contributed by atoms with Crippen molar-refractivity contribution in [3.8, 4) is 5.75 Å². The lowest BCUT2D eigenvalue weighted by atomic mass is 10.0. The first-order chi connectivity index (χ1) is 16.3. The van der Waals surface area contributed by atoms with Crippen LogP contribution in [0, 0.1) is 0 Å². The zero-order valence-electron chi connectivity index (χ0n) is 18.6. The number of nitrogens with one attached hydrogen (secondary N) is 2. The van der Waals surface area contributed by atoms with E-state index in [1.54, 1.807) is 0 Å². The van der Waals surface area contributed by atoms with Crippen LogP contribution < -0.4 is 21.5 Å². The van der Waals surface area contributed by atoms with Crippen LogP contribution in [0.25, 0.3) is 0 Å². The SMILES string of the molecule is CCC(Nc1c(Nc2cccc(C(=O)N3CCC[C@@H]3C(=O)O)c2O)c(=O)c1=O)c1ccccc1. The van der Waals surface area contributed by atoms with E-state index >= 15 is 0 Å². The fourth-order valence-electron chi connectivity index (χ4n) is 4.30. The Labute approximate surface area is 195 Å². The highest BCUT2D eigenvalue weighted by Gasteiger charge is 2.35. The summed E-state index contributed by atoms with van der Waals surface area (Å²) in [6.07, 6.45) is 1.57. The number of carboxylic acids is 1. The molecule has 1 fully saturated rings. The van der Waals surface area contributed by atoms with Gasteiger partial charge in [-0.2, -0.15) is 0 Å². The Kier molecular flexibility index (Phi) is 6.36. The highest BCUT2D eigenvalue weighted by atomic mass is 16.4. The summed E-state index contributed by atoms with van der Waals surface area (Å²) in [4.78, 5) is 50.2. The van der Waals surface area contributed by atoms with Crippen molar-refractivity contribution in [1.29, 1.82) is 0 Å². The zero-order valence-corrected chi connectivity index (χ0v) is 18.6. The van der Waals surface area contributed by atoms with Gasteiger partial charge in [-0.15, -0.1) is 0 Å². The molecule has 1 heterocycles. The lowest BCUT2D eigenvalue weighted by Crippen LogP contribution is -2.40. The Hall–Kier alpha value is -4.14. The van der Waals surface area contributed by atoms with Gasteiger partial charge in [0.05, 0.1) is 17.3 Å². The normalized spacial score (nSPS) is 16.4. The fourth-order valence-corrected chi connectivity index (χ4v) is 4.30. The summed E-state index contributed by atoms with van der Waals surface area (Å²) in [6, 6.07) is 12.7. The average Bonchev–Trinajstić information content (AvgIpc) is 3.35. The Morgan fingerprint density at radius 3 is 2.44 bits per heavy atom. The summed E-state index contributed by atoms with van der Waals surface area (Å²) < 4.78 is 0. The number of nitrogens with zero attached hydrogens (tertiary/aromatic N) is 1. The van der Waals surface area contributed by atoms with E-state index in [-0.39, 0.29) is 35.2 Å². The molecule has 3 aromatic carbocycles. The van der Waals surface area contributed by atoms with Gasteiger partial charge >= 0.3 is 5.97 Å². The standard InChI is InChI=1S/C25H25N3O6/c1-2-16(14-8-4-3-5-9-14)26-19-20(23(31)22(19)30)27-17-11-6-10-15(21(17)29)24(32)28-13-7-12-18(28)25(33)34/h3-6,8-11,16,18,26-27,29H,2,7,12-13H2,1H3,(H,33,34)/t16?,18-/m1/s1. The largest absolute Gasteiger partial charge is 0.505 e. The zero-order chi connectivity index (χ0) is 24.4. The molecule has 3 aromatic rings. The maximum atomic E-state index is 13.0. The molecule has 4 N–H and O–H groups in total. The number of amides is 1. The molecule has 0 spiro atoms. The van der Waals surface area contributed by atoms with Crippen molar-refractivity contribution in [3.63, 3.8) is 0 Å². The van der Waals surface area contributed by atoms with E-state index in [4.69, 9.17) is 0 Å². The number of carbonyl (C=O) groups is 2. The van der Waals surface area contributed by atoms with Crippen LogP contribution in [-0.2, 0) is 4.79 Å². The molecule has 1 amide bonds. The summed E-state index contributed by atoms with van der Waals surface area (Å²) in [6.45, 7) is 2.23. The van der Waals surface area contributed by atoms with Crippen molar-refractivity contribution in [2.75, 3.05) is 17.2 Å². The highest BCUT2D eigenvalue weighted by Crippen LogP contribution is 2.34. The summed E-state index contributed by atoms with van der Waals surface area (Å²) in [5.41, 5.74) is -0.330. The summed E-state index contributed by atoms with van der Waals surface area (Å²) >= 11 is 0. The van der Waals surface area contributed by atoms with Crippen molar-refractivity contribution >= 4 is 28.9 Å². The van der Waals surface area contributed by atoms with Crippen LogP contribution in [0.1, 0.15) is 48.1 Å². The van der Waals surface area contributed by atoms with Gasteiger partial charge in [0.15, 0.2) is 5.75 Å². The van der Waals surface area contributed by atoms with Crippen LogP contribution in [0.2, 0.25) is 0 Å². The minimum Gasteiger partial charge on any atom is -0.505 e. The smallest absolute Gasteiger partial charge is 0.326 e. The van der Waals surface area contributed by atoms with Gasteiger partial charge in [0.25, 0.3) is 16.8 Å². The molecule has 1 aliphatic rings. The maximum Gasteiger partial charge on any atom is 0.326 e. The molecule has 0 radical (unpaired) electrons. The van der Waals surface area contributed by atoms with E-state index < -0.39 is 34.5 Å². The van der Waals surface area contributed by atoms with E-state index in [1.165, 1.54) is 23.1 Å². The quantitative estimate of drug-likeness (QED) is 0.296. The molecular formula is C25H25N3O6. The highest BCUT2D eigenvalue weighted by molar-refractivity contribution is 6.01. The van der Waals surface area contributed by atoms with Crippen molar-refractivity contribution in [3.05, 3.63) is 80.1 Å². The topological polar surface area (TPSA) is 136 Å². The predicted octanol–water partition coefficient (Wildman–Crippen LogP) is 2.98. The number of phenolic OH excluding ortho intramolecular Hbond substituents is 1. The van der Waals surface area contributed by atoms with Gasteiger partial charge in [-0.1, -0.05) is 43.3 Å². The number of aromatic hydroxyl groups is 1. The number of hydrogen-bond donors (Lipinski definition) is 4. The molecular weight excluding hydrogens is 438 g/mol. The van der Waals surface area contributed by atoms with Crippen LogP contribution in [-0.4, -0.2) is 39.6 Å². The number of benzene rings is 2. The second-order valence-corrected chi connectivity index (χ2v) is 8.25. The van der Waals surface area contributed by atoms with Crippen LogP contribution in [0.4, 0.5) is 17.1 Å². The van der Waals surface area contributed by atoms with Gasteiger partial charge in [0.1, 0.15) is 17.4 Å². The molecule has 0 aliphatic carbocycles. The van der Waals surface area contributed by atoms with Crippen LogP contribution in [0.5, 0.6) is 5.75 Å². The first-order valence-electron chi connectivity index (χ1n) is 11.1. The number of aliphatic carboxylic acids is 1. The third kappa shape index (κ3) is 4.12. The maximum absolute atomic E-state index is 13.0. The molecule has 4 rings (SSSR count). The summed E-state index contributed by atoms with van der Waals surface area (Å²) in [7, 11) is 0. The van der Waals surface area contributed by atoms with Gasteiger partial charge in [-0.3, -0.25) is 14.4 Å². The number of hydrogen-bond acceptors (Lipinski definition) is 7. The third-order valence-electron chi connectivity index (χ3n) is 6.16. The number of anilines is 3. The Balaban J connectivity index is 1.59. The number of para-hydroxylation sites is 1. The van der Waals surface area contributed by atoms with Gasteiger partial charge in [-0.05, 0) is 37.0 Å². The fraction of sp³-hybridized carbons (Fsp3) is 0.280. The molecule has 176 valence electrons. The molecule has 0 saturated carbocycles. The Morgan fingerprint density at radius 1 is 1.06 bits per heavy atom. The van der Waals surface area contributed by atoms with Gasteiger partial charge in [0, 0.05) is 6.54 Å².